The Morgan fingerprint density at radius 2 is 1.88 bits per heavy atom. The maximum Gasteiger partial charge on any atom is 0.338 e. The van der Waals surface area contributed by atoms with Crippen LogP contribution in [0.4, 0.5) is 5.69 Å². The van der Waals surface area contributed by atoms with Crippen molar-refractivity contribution in [2.24, 2.45) is 0 Å². The summed E-state index contributed by atoms with van der Waals surface area (Å²) in [6.07, 6.45) is 0. The quantitative estimate of drug-likeness (QED) is 0.593. The predicted molar refractivity (Wildman–Crippen MR) is 108 cm³/mol. The van der Waals surface area contributed by atoms with Crippen LogP contribution in [0, 0.1) is 13.8 Å². The van der Waals surface area contributed by atoms with Crippen molar-refractivity contribution >= 4 is 29.0 Å². The SMILES string of the molecule is COC(=O)c1cccc(NC(=S)N[C@@H](C)COc2ccccc2C)c1C. The maximum absolute atomic E-state index is 11.8. The molecule has 2 aromatic carbocycles. The van der Waals surface area contributed by atoms with E-state index in [0.29, 0.717) is 17.3 Å². The highest BCUT2D eigenvalue weighted by Gasteiger charge is 2.13. The van der Waals surface area contributed by atoms with E-state index in [0.717, 1.165) is 22.6 Å². The number of thiocarbonyl (C=S) groups is 1. The first-order valence-electron chi connectivity index (χ1n) is 8.36. The minimum Gasteiger partial charge on any atom is -0.491 e. The summed E-state index contributed by atoms with van der Waals surface area (Å²) >= 11 is 5.37. The lowest BCUT2D eigenvalue weighted by atomic mass is 10.1. The minimum absolute atomic E-state index is 0.0127. The Morgan fingerprint density at radius 1 is 1.15 bits per heavy atom. The number of anilines is 1. The molecule has 0 bridgehead atoms. The maximum atomic E-state index is 11.8. The molecule has 0 radical (unpaired) electrons. The number of benzene rings is 2. The van der Waals surface area contributed by atoms with E-state index >= 15 is 0 Å². The van der Waals surface area contributed by atoms with Crippen LogP contribution in [-0.2, 0) is 4.74 Å². The molecule has 0 saturated carbocycles. The van der Waals surface area contributed by atoms with E-state index in [4.69, 9.17) is 21.7 Å². The summed E-state index contributed by atoms with van der Waals surface area (Å²) in [4.78, 5) is 11.8. The standard InChI is InChI=1S/C20H24N2O3S/c1-13-8-5-6-11-18(13)25-12-14(2)21-20(26)22-17-10-7-9-16(15(17)3)19(23)24-4/h5-11,14H,12H2,1-4H3,(H2,21,22,26)/t14-/m0/s1. The number of para-hydroxylation sites is 1. The summed E-state index contributed by atoms with van der Waals surface area (Å²) in [5.41, 5.74) is 3.15. The van der Waals surface area contributed by atoms with E-state index in [9.17, 15) is 4.79 Å². The fourth-order valence-corrected chi connectivity index (χ4v) is 2.77. The molecule has 26 heavy (non-hydrogen) atoms. The van der Waals surface area contributed by atoms with Gasteiger partial charge in [0.25, 0.3) is 0 Å². The van der Waals surface area contributed by atoms with Crippen LogP contribution >= 0.6 is 12.2 Å². The van der Waals surface area contributed by atoms with Gasteiger partial charge < -0.3 is 20.1 Å². The van der Waals surface area contributed by atoms with E-state index in [2.05, 4.69) is 10.6 Å². The van der Waals surface area contributed by atoms with Crippen LogP contribution in [0.3, 0.4) is 0 Å². The first-order chi connectivity index (χ1) is 12.4. The molecule has 1 atom stereocenters. The van der Waals surface area contributed by atoms with Gasteiger partial charge in [-0.05, 0) is 62.3 Å². The highest BCUT2D eigenvalue weighted by Crippen LogP contribution is 2.20. The van der Waals surface area contributed by atoms with Gasteiger partial charge in [0.2, 0.25) is 0 Å². The van der Waals surface area contributed by atoms with Gasteiger partial charge in [-0.3, -0.25) is 0 Å². The number of hydrogen-bond donors (Lipinski definition) is 2. The van der Waals surface area contributed by atoms with Gasteiger partial charge in [-0.1, -0.05) is 24.3 Å². The Hall–Kier alpha value is -2.60. The third-order valence-electron chi connectivity index (χ3n) is 3.95. The number of carbonyl (C=O) groups is 1. The van der Waals surface area contributed by atoms with Crippen LogP contribution in [0.25, 0.3) is 0 Å². The molecule has 2 N–H and O–H groups in total. The van der Waals surface area contributed by atoms with Crippen molar-refractivity contribution in [1.29, 1.82) is 0 Å². The number of methoxy groups -OCH3 is 1. The van der Waals surface area contributed by atoms with E-state index in [-0.39, 0.29) is 12.0 Å². The second kappa shape index (κ2) is 9.20. The molecule has 0 aliphatic rings. The topological polar surface area (TPSA) is 59.6 Å². The second-order valence-corrected chi connectivity index (χ2v) is 6.45. The summed E-state index contributed by atoms with van der Waals surface area (Å²) in [5.74, 6) is 0.492. The second-order valence-electron chi connectivity index (χ2n) is 6.05. The molecule has 0 amide bonds. The molecule has 2 rings (SSSR count). The molecule has 138 valence electrons. The number of esters is 1. The van der Waals surface area contributed by atoms with Crippen molar-refractivity contribution in [3.63, 3.8) is 0 Å². The lowest BCUT2D eigenvalue weighted by molar-refractivity contribution is 0.0600. The Bertz CT molecular complexity index is 792. The Kier molecular flexibility index (Phi) is 6.97. The van der Waals surface area contributed by atoms with Crippen LogP contribution < -0.4 is 15.4 Å². The number of rotatable bonds is 6. The number of nitrogens with one attached hydrogen (secondary N) is 2. The van der Waals surface area contributed by atoms with E-state index in [1.165, 1.54) is 7.11 Å². The van der Waals surface area contributed by atoms with Gasteiger partial charge in [0, 0.05) is 5.69 Å². The van der Waals surface area contributed by atoms with Gasteiger partial charge in [0.1, 0.15) is 12.4 Å². The number of hydrogen-bond acceptors (Lipinski definition) is 4. The summed E-state index contributed by atoms with van der Waals surface area (Å²) in [6, 6.07) is 13.3. The zero-order valence-corrected chi connectivity index (χ0v) is 16.3. The van der Waals surface area contributed by atoms with Gasteiger partial charge >= 0.3 is 5.97 Å². The average molecular weight is 372 g/mol. The zero-order chi connectivity index (χ0) is 19.1. The summed E-state index contributed by atoms with van der Waals surface area (Å²) in [5, 5.41) is 6.78. The Morgan fingerprint density at radius 3 is 2.58 bits per heavy atom. The van der Waals surface area contributed by atoms with Gasteiger partial charge in [0.15, 0.2) is 5.11 Å². The minimum atomic E-state index is -0.370. The van der Waals surface area contributed by atoms with Gasteiger partial charge in [-0.25, -0.2) is 4.79 Å². The summed E-state index contributed by atoms with van der Waals surface area (Å²) in [6.45, 7) is 6.33. The van der Waals surface area contributed by atoms with E-state index in [1.807, 2.05) is 51.1 Å². The fourth-order valence-electron chi connectivity index (χ4n) is 2.46. The van der Waals surface area contributed by atoms with Gasteiger partial charge in [-0.2, -0.15) is 0 Å². The normalized spacial score (nSPS) is 11.4. The molecule has 6 heteroatoms. The molecule has 5 nitrogen and oxygen atoms in total. The van der Waals surface area contributed by atoms with Gasteiger partial charge in [-0.15, -0.1) is 0 Å². The monoisotopic (exact) mass is 372 g/mol. The lowest BCUT2D eigenvalue weighted by Gasteiger charge is -2.19. The number of aryl methyl sites for hydroxylation is 1. The van der Waals surface area contributed by atoms with Crippen LogP contribution in [0.15, 0.2) is 42.5 Å². The number of ether oxygens (including phenoxy) is 2. The van der Waals surface area contributed by atoms with Crippen molar-refractivity contribution in [2.45, 2.75) is 26.8 Å². The molecule has 2 aromatic rings. The van der Waals surface area contributed by atoms with Crippen LogP contribution in [-0.4, -0.2) is 30.8 Å². The van der Waals surface area contributed by atoms with Crippen LogP contribution in [0.1, 0.15) is 28.4 Å². The van der Waals surface area contributed by atoms with Crippen molar-refractivity contribution in [3.05, 3.63) is 59.2 Å². The fraction of sp³-hybridized carbons (Fsp3) is 0.300. The zero-order valence-electron chi connectivity index (χ0n) is 15.5. The molecular weight excluding hydrogens is 348 g/mol. The lowest BCUT2D eigenvalue weighted by Crippen LogP contribution is -2.39. The first kappa shape index (κ1) is 19.7. The van der Waals surface area contributed by atoms with Crippen molar-refractivity contribution in [1.82, 2.24) is 5.32 Å². The first-order valence-corrected chi connectivity index (χ1v) is 8.77. The highest BCUT2D eigenvalue weighted by molar-refractivity contribution is 7.80. The predicted octanol–water partition coefficient (Wildman–Crippen LogP) is 3.84. The molecule has 0 unspecified atom stereocenters. The van der Waals surface area contributed by atoms with Crippen molar-refractivity contribution < 1.29 is 14.3 Å². The van der Waals surface area contributed by atoms with E-state index in [1.54, 1.807) is 12.1 Å². The van der Waals surface area contributed by atoms with Crippen LogP contribution in [0.2, 0.25) is 0 Å². The molecule has 0 heterocycles. The van der Waals surface area contributed by atoms with Crippen LogP contribution in [0.5, 0.6) is 5.75 Å². The van der Waals surface area contributed by atoms with Gasteiger partial charge in [0.05, 0.1) is 18.7 Å². The average Bonchev–Trinajstić information content (AvgIpc) is 2.62. The Labute approximate surface area is 159 Å². The van der Waals surface area contributed by atoms with Crippen molar-refractivity contribution in [3.8, 4) is 5.75 Å². The molecule has 0 aliphatic carbocycles. The smallest absolute Gasteiger partial charge is 0.338 e. The molecule has 0 saturated heterocycles. The summed E-state index contributed by atoms with van der Waals surface area (Å²) < 4.78 is 10.6. The molecule has 0 aromatic heterocycles. The molecule has 0 fully saturated rings. The molecule has 0 spiro atoms. The largest absolute Gasteiger partial charge is 0.491 e. The van der Waals surface area contributed by atoms with Crippen molar-refractivity contribution in [2.75, 3.05) is 19.0 Å². The molecular formula is C20H24N2O3S. The highest BCUT2D eigenvalue weighted by atomic mass is 32.1. The number of carbonyl (C=O) groups excluding carboxylic acids is 1. The molecule has 0 aliphatic heterocycles. The van der Waals surface area contributed by atoms with E-state index < -0.39 is 0 Å². The third kappa shape index (κ3) is 5.20. The summed E-state index contributed by atoms with van der Waals surface area (Å²) in [7, 11) is 1.37. The third-order valence-corrected chi connectivity index (χ3v) is 4.17. The Balaban J connectivity index is 1.92.